The summed E-state index contributed by atoms with van der Waals surface area (Å²) in [7, 11) is 0. The Balaban J connectivity index is 2.80. The Labute approximate surface area is 100 Å². The molecular formula is C9H4BrF5O2. The molecule has 0 unspecified atom stereocenters. The predicted molar refractivity (Wildman–Crippen MR) is 49.9 cm³/mol. The van der Waals surface area contributed by atoms with Crippen molar-refractivity contribution in [3.05, 3.63) is 33.8 Å². The molecule has 94 valence electrons. The zero-order valence-corrected chi connectivity index (χ0v) is 9.53. The Morgan fingerprint density at radius 2 is 1.71 bits per heavy atom. The number of esters is 1. The molecule has 0 aromatic heterocycles. The lowest BCUT2D eigenvalue weighted by Gasteiger charge is -2.09. The summed E-state index contributed by atoms with van der Waals surface area (Å²) in [5, 5.41) is 0. The first-order chi connectivity index (χ1) is 7.71. The summed E-state index contributed by atoms with van der Waals surface area (Å²) < 4.78 is 65.3. The molecule has 0 bridgehead atoms. The molecule has 1 aromatic carbocycles. The molecule has 1 rings (SSSR count). The fourth-order valence-corrected chi connectivity index (χ4v) is 1.33. The number of benzene rings is 1. The molecule has 0 saturated heterocycles. The topological polar surface area (TPSA) is 26.3 Å². The standard InChI is InChI=1S/C9H4BrF5O2/c10-4-1-6(11)5(7(12)2-4)3-17-8(16)9(13,14)15/h1-2H,3H2. The van der Waals surface area contributed by atoms with Gasteiger partial charge in [0, 0.05) is 4.47 Å². The van der Waals surface area contributed by atoms with Crippen molar-refractivity contribution in [2.45, 2.75) is 12.8 Å². The molecule has 1 aromatic rings. The molecule has 0 aliphatic heterocycles. The van der Waals surface area contributed by atoms with Gasteiger partial charge in [-0.25, -0.2) is 13.6 Å². The van der Waals surface area contributed by atoms with Crippen molar-refractivity contribution in [3.63, 3.8) is 0 Å². The second-order valence-electron chi connectivity index (χ2n) is 2.92. The Kier molecular flexibility index (Phi) is 4.07. The molecule has 0 heterocycles. The van der Waals surface area contributed by atoms with E-state index in [1.165, 1.54) is 0 Å². The lowest BCUT2D eigenvalue weighted by Crippen LogP contribution is -2.25. The van der Waals surface area contributed by atoms with Crippen LogP contribution in [0.4, 0.5) is 22.0 Å². The van der Waals surface area contributed by atoms with Crippen LogP contribution in [0.5, 0.6) is 0 Å². The van der Waals surface area contributed by atoms with Gasteiger partial charge in [0.1, 0.15) is 18.2 Å². The predicted octanol–water partition coefficient (Wildman–Crippen LogP) is 3.33. The van der Waals surface area contributed by atoms with Gasteiger partial charge in [-0.1, -0.05) is 15.9 Å². The summed E-state index contributed by atoms with van der Waals surface area (Å²) in [5.74, 6) is -4.71. The van der Waals surface area contributed by atoms with Crippen LogP contribution in [0, 0.1) is 11.6 Å². The summed E-state index contributed by atoms with van der Waals surface area (Å²) in [6.45, 7) is -1.12. The molecule has 0 radical (unpaired) electrons. The molecule has 2 nitrogen and oxygen atoms in total. The highest BCUT2D eigenvalue weighted by Gasteiger charge is 2.41. The number of carbonyl (C=O) groups excluding carboxylic acids is 1. The van der Waals surface area contributed by atoms with Crippen molar-refractivity contribution in [2.75, 3.05) is 0 Å². The zero-order chi connectivity index (χ0) is 13.2. The molecule has 0 N–H and O–H groups in total. The number of ether oxygens (including phenoxy) is 1. The molecule has 17 heavy (non-hydrogen) atoms. The van der Waals surface area contributed by atoms with Crippen molar-refractivity contribution in [1.29, 1.82) is 0 Å². The average molecular weight is 319 g/mol. The highest BCUT2D eigenvalue weighted by atomic mass is 79.9. The lowest BCUT2D eigenvalue weighted by atomic mass is 10.2. The van der Waals surface area contributed by atoms with Crippen LogP contribution in [0.1, 0.15) is 5.56 Å². The van der Waals surface area contributed by atoms with Crippen LogP contribution in [0.3, 0.4) is 0 Å². The Morgan fingerprint density at radius 3 is 2.12 bits per heavy atom. The number of halogens is 6. The number of alkyl halides is 3. The molecule has 8 heteroatoms. The van der Waals surface area contributed by atoms with Crippen molar-refractivity contribution in [1.82, 2.24) is 0 Å². The Bertz CT molecular complexity index is 420. The Morgan fingerprint density at radius 1 is 1.24 bits per heavy atom. The maximum absolute atomic E-state index is 13.1. The number of rotatable bonds is 2. The Hall–Kier alpha value is -1.18. The molecule has 0 aliphatic carbocycles. The van der Waals surface area contributed by atoms with Gasteiger partial charge in [-0.2, -0.15) is 13.2 Å². The van der Waals surface area contributed by atoms with Crippen LogP contribution in [0.15, 0.2) is 16.6 Å². The minimum atomic E-state index is -5.19. The smallest absolute Gasteiger partial charge is 0.454 e. The summed E-state index contributed by atoms with van der Waals surface area (Å²) in [6, 6.07) is 1.69. The van der Waals surface area contributed by atoms with Crippen LogP contribution in [0.25, 0.3) is 0 Å². The van der Waals surface area contributed by atoms with Gasteiger partial charge in [0.05, 0.1) is 5.56 Å². The molecule has 0 atom stereocenters. The third-order valence-electron chi connectivity index (χ3n) is 1.68. The van der Waals surface area contributed by atoms with E-state index in [0.717, 1.165) is 12.1 Å². The average Bonchev–Trinajstić information content (AvgIpc) is 2.13. The van der Waals surface area contributed by atoms with Gasteiger partial charge in [0.25, 0.3) is 0 Å². The largest absolute Gasteiger partial charge is 0.490 e. The van der Waals surface area contributed by atoms with Crippen molar-refractivity contribution in [3.8, 4) is 0 Å². The molecule has 0 spiro atoms. The molecule has 0 saturated carbocycles. The third-order valence-corrected chi connectivity index (χ3v) is 2.14. The maximum atomic E-state index is 13.1. The lowest BCUT2D eigenvalue weighted by molar-refractivity contribution is -0.201. The number of hydrogen-bond donors (Lipinski definition) is 0. The zero-order valence-electron chi connectivity index (χ0n) is 7.95. The van der Waals surface area contributed by atoms with Gasteiger partial charge in [-0.05, 0) is 12.1 Å². The van der Waals surface area contributed by atoms with E-state index in [0.29, 0.717) is 0 Å². The van der Waals surface area contributed by atoms with Crippen LogP contribution in [-0.2, 0) is 16.1 Å². The normalized spacial score (nSPS) is 11.4. The fourth-order valence-electron chi connectivity index (χ4n) is 0.930. The van der Waals surface area contributed by atoms with Gasteiger partial charge in [-0.15, -0.1) is 0 Å². The summed E-state index contributed by atoms with van der Waals surface area (Å²) in [6.07, 6.45) is -5.19. The molecule has 0 aliphatic rings. The van der Waals surface area contributed by atoms with Crippen molar-refractivity contribution < 1.29 is 31.5 Å². The van der Waals surface area contributed by atoms with Gasteiger partial charge >= 0.3 is 12.1 Å². The minimum absolute atomic E-state index is 0.0818. The van der Waals surface area contributed by atoms with Gasteiger partial charge in [0.2, 0.25) is 0 Å². The summed E-state index contributed by atoms with van der Waals surface area (Å²) >= 11 is 2.79. The minimum Gasteiger partial charge on any atom is -0.454 e. The quantitative estimate of drug-likeness (QED) is 0.617. The maximum Gasteiger partial charge on any atom is 0.490 e. The molecule has 0 fully saturated rings. The summed E-state index contributed by atoms with van der Waals surface area (Å²) in [4.78, 5) is 10.3. The second-order valence-corrected chi connectivity index (χ2v) is 3.84. The first-order valence-corrected chi connectivity index (χ1v) is 4.88. The second kappa shape index (κ2) is 4.99. The van der Waals surface area contributed by atoms with Crippen LogP contribution in [-0.4, -0.2) is 12.1 Å². The highest BCUT2D eigenvalue weighted by Crippen LogP contribution is 2.22. The monoisotopic (exact) mass is 318 g/mol. The van der Waals surface area contributed by atoms with Crippen LogP contribution in [0.2, 0.25) is 0 Å². The summed E-state index contributed by atoms with van der Waals surface area (Å²) in [5.41, 5.74) is -0.745. The van der Waals surface area contributed by atoms with Gasteiger partial charge < -0.3 is 4.74 Å². The van der Waals surface area contributed by atoms with E-state index in [1.54, 1.807) is 0 Å². The van der Waals surface area contributed by atoms with Crippen molar-refractivity contribution >= 4 is 21.9 Å². The van der Waals surface area contributed by atoms with Crippen molar-refractivity contribution in [2.24, 2.45) is 0 Å². The number of carbonyl (C=O) groups is 1. The van der Waals surface area contributed by atoms with Crippen LogP contribution < -0.4 is 0 Å². The van der Waals surface area contributed by atoms with E-state index in [2.05, 4.69) is 20.7 Å². The van der Waals surface area contributed by atoms with E-state index in [-0.39, 0.29) is 4.47 Å². The highest BCUT2D eigenvalue weighted by molar-refractivity contribution is 9.10. The SMILES string of the molecule is O=C(OCc1c(F)cc(Br)cc1F)C(F)(F)F. The first-order valence-electron chi connectivity index (χ1n) is 4.09. The van der Waals surface area contributed by atoms with E-state index < -0.39 is 36.0 Å². The number of hydrogen-bond acceptors (Lipinski definition) is 2. The third kappa shape index (κ3) is 3.65. The van der Waals surface area contributed by atoms with Gasteiger partial charge in [0.15, 0.2) is 0 Å². The first kappa shape index (κ1) is 13.9. The molecular weight excluding hydrogens is 315 g/mol. The molecule has 0 amide bonds. The van der Waals surface area contributed by atoms with E-state index in [9.17, 15) is 26.7 Å². The fraction of sp³-hybridized carbons (Fsp3) is 0.222. The van der Waals surface area contributed by atoms with E-state index in [4.69, 9.17) is 0 Å². The van der Waals surface area contributed by atoms with E-state index in [1.807, 2.05) is 0 Å². The van der Waals surface area contributed by atoms with Crippen LogP contribution >= 0.6 is 15.9 Å². The van der Waals surface area contributed by atoms with E-state index >= 15 is 0 Å². The van der Waals surface area contributed by atoms with Gasteiger partial charge in [-0.3, -0.25) is 0 Å².